The lowest BCUT2D eigenvalue weighted by molar-refractivity contribution is -0.140. The van der Waals surface area contributed by atoms with Crippen molar-refractivity contribution in [1.82, 2.24) is 4.90 Å². The average molecular weight is 463 g/mol. The van der Waals surface area contributed by atoms with Crippen molar-refractivity contribution >= 4 is 63.7 Å². The van der Waals surface area contributed by atoms with Gasteiger partial charge in [-0.25, -0.2) is 0 Å². The number of amides is 1. The second-order valence-electron chi connectivity index (χ2n) is 8.25. The fourth-order valence-corrected chi connectivity index (χ4v) is 6.25. The van der Waals surface area contributed by atoms with Crippen LogP contribution in [0.25, 0.3) is 12.2 Å². The number of carboxylic acids is 1. The minimum absolute atomic E-state index is 0.287. The molecule has 1 amide bonds. The number of nitrogens with zero attached hydrogens (tertiary/aromatic N) is 2. The molecule has 2 aliphatic heterocycles. The lowest BCUT2D eigenvalue weighted by atomic mass is 9.96. The molecule has 2 fully saturated rings. The Morgan fingerprint density at radius 1 is 1.19 bits per heavy atom. The Morgan fingerprint density at radius 3 is 2.66 bits per heavy atom. The van der Waals surface area contributed by atoms with Gasteiger partial charge in [0, 0.05) is 23.3 Å². The van der Waals surface area contributed by atoms with Crippen LogP contribution in [0, 0.1) is 0 Å². The number of carbonyl (C=O) groups excluding carboxylic acids is 1. The van der Waals surface area contributed by atoms with Gasteiger partial charge in [0.15, 0.2) is 0 Å². The number of rotatable bonds is 5. The van der Waals surface area contributed by atoms with Crippen LogP contribution in [0.2, 0.25) is 0 Å². The maximum absolute atomic E-state index is 12.6. The maximum atomic E-state index is 12.6. The Kier molecular flexibility index (Phi) is 5.39. The molecule has 7 heteroatoms. The van der Waals surface area contributed by atoms with Crippen molar-refractivity contribution in [2.24, 2.45) is 0 Å². The van der Waals surface area contributed by atoms with E-state index in [4.69, 9.17) is 17.3 Å². The number of benzene rings is 2. The summed E-state index contributed by atoms with van der Waals surface area (Å²) in [6, 6.07) is 15.3. The van der Waals surface area contributed by atoms with Crippen LogP contribution in [0.4, 0.5) is 11.4 Å². The second-order valence-corrected chi connectivity index (χ2v) is 9.93. The van der Waals surface area contributed by atoms with Crippen molar-refractivity contribution in [2.45, 2.75) is 31.2 Å². The molecule has 2 heterocycles. The standard InChI is InChI=1S/C25H22N2O3S2/c1-2-15-6-9-17(10-7-15)27-20-5-3-4-18(20)19-12-16(8-11-21(19)27)13-22-24(30)26(14-23(28)29)25(31)32-22/h2,6-13,18,20H,1,3-5,14H2,(H,28,29)/b22-13-. The molecule has 1 aliphatic carbocycles. The van der Waals surface area contributed by atoms with E-state index in [2.05, 4.69) is 47.9 Å². The van der Waals surface area contributed by atoms with Crippen molar-refractivity contribution in [3.05, 3.63) is 70.6 Å². The Labute approximate surface area is 196 Å². The van der Waals surface area contributed by atoms with E-state index in [1.165, 1.54) is 23.4 Å². The summed E-state index contributed by atoms with van der Waals surface area (Å²) in [5.41, 5.74) is 5.77. The highest BCUT2D eigenvalue weighted by atomic mass is 32.2. The van der Waals surface area contributed by atoms with Gasteiger partial charge in [0.1, 0.15) is 10.9 Å². The van der Waals surface area contributed by atoms with Gasteiger partial charge in [-0.3, -0.25) is 14.5 Å². The van der Waals surface area contributed by atoms with Crippen LogP contribution in [0.1, 0.15) is 41.9 Å². The van der Waals surface area contributed by atoms with E-state index in [9.17, 15) is 9.59 Å². The van der Waals surface area contributed by atoms with E-state index in [-0.39, 0.29) is 10.2 Å². The zero-order chi connectivity index (χ0) is 22.4. The van der Waals surface area contributed by atoms with Gasteiger partial charge in [0.2, 0.25) is 0 Å². The monoisotopic (exact) mass is 462 g/mol. The summed E-state index contributed by atoms with van der Waals surface area (Å²) in [5, 5.41) is 9.03. The Hall–Kier alpha value is -2.90. The van der Waals surface area contributed by atoms with E-state index in [1.807, 2.05) is 18.2 Å². The average Bonchev–Trinajstić information content (AvgIpc) is 3.44. The first-order valence-corrected chi connectivity index (χ1v) is 11.8. The molecule has 0 radical (unpaired) electrons. The molecule has 32 heavy (non-hydrogen) atoms. The van der Waals surface area contributed by atoms with Crippen molar-refractivity contribution < 1.29 is 14.7 Å². The number of fused-ring (bicyclic) bond motifs is 3. The molecule has 3 aliphatic rings. The predicted octanol–water partition coefficient (Wildman–Crippen LogP) is 5.40. The van der Waals surface area contributed by atoms with E-state index in [0.29, 0.717) is 16.9 Å². The minimum Gasteiger partial charge on any atom is -0.480 e. The maximum Gasteiger partial charge on any atom is 0.323 e. The lowest BCUT2D eigenvalue weighted by Gasteiger charge is -2.27. The van der Waals surface area contributed by atoms with E-state index < -0.39 is 12.5 Å². The molecule has 5 rings (SSSR count). The topological polar surface area (TPSA) is 60.9 Å². The third-order valence-electron chi connectivity index (χ3n) is 6.39. The van der Waals surface area contributed by atoms with Crippen LogP contribution in [0.5, 0.6) is 0 Å². The van der Waals surface area contributed by atoms with E-state index >= 15 is 0 Å². The molecule has 162 valence electrons. The van der Waals surface area contributed by atoms with Gasteiger partial charge in [-0.05, 0) is 59.9 Å². The second kappa shape index (κ2) is 8.22. The minimum atomic E-state index is -1.08. The Morgan fingerprint density at radius 2 is 1.94 bits per heavy atom. The summed E-state index contributed by atoms with van der Waals surface area (Å²) in [7, 11) is 0. The molecule has 1 saturated carbocycles. The van der Waals surface area contributed by atoms with Crippen molar-refractivity contribution in [2.75, 3.05) is 11.4 Å². The molecule has 2 unspecified atom stereocenters. The first kappa shape index (κ1) is 21.0. The molecule has 1 saturated heterocycles. The third kappa shape index (κ3) is 3.55. The predicted molar refractivity (Wildman–Crippen MR) is 133 cm³/mol. The van der Waals surface area contributed by atoms with Crippen LogP contribution in [0.3, 0.4) is 0 Å². The molecular formula is C25H22N2O3S2. The van der Waals surface area contributed by atoms with Crippen molar-refractivity contribution in [3.63, 3.8) is 0 Å². The van der Waals surface area contributed by atoms with Gasteiger partial charge in [-0.15, -0.1) is 0 Å². The van der Waals surface area contributed by atoms with Gasteiger partial charge in [-0.1, -0.05) is 61.3 Å². The van der Waals surface area contributed by atoms with E-state index in [0.717, 1.165) is 40.6 Å². The van der Waals surface area contributed by atoms with Crippen LogP contribution < -0.4 is 4.90 Å². The number of anilines is 2. The number of thioether (sulfide) groups is 1. The quantitative estimate of drug-likeness (QED) is 0.474. The molecule has 2 atom stereocenters. The number of carboxylic acid groups (broad SMARTS) is 1. The lowest BCUT2D eigenvalue weighted by Crippen LogP contribution is -2.33. The zero-order valence-electron chi connectivity index (χ0n) is 17.4. The van der Waals surface area contributed by atoms with Gasteiger partial charge in [0.05, 0.1) is 4.91 Å². The summed E-state index contributed by atoms with van der Waals surface area (Å²) in [4.78, 5) is 27.7. The largest absolute Gasteiger partial charge is 0.480 e. The van der Waals surface area contributed by atoms with Crippen LogP contribution in [-0.4, -0.2) is 38.8 Å². The van der Waals surface area contributed by atoms with Gasteiger partial charge < -0.3 is 10.0 Å². The van der Waals surface area contributed by atoms with Crippen LogP contribution in [-0.2, 0) is 9.59 Å². The number of hydrogen-bond acceptors (Lipinski definition) is 5. The van der Waals surface area contributed by atoms with E-state index in [1.54, 1.807) is 0 Å². The fraction of sp³-hybridized carbons (Fsp3) is 0.240. The smallest absolute Gasteiger partial charge is 0.323 e. The molecule has 0 spiro atoms. The molecule has 5 nitrogen and oxygen atoms in total. The van der Waals surface area contributed by atoms with Gasteiger partial charge >= 0.3 is 5.97 Å². The highest BCUT2D eigenvalue weighted by Crippen LogP contribution is 2.52. The molecule has 0 aromatic heterocycles. The van der Waals surface area contributed by atoms with Crippen LogP contribution in [0.15, 0.2) is 53.9 Å². The van der Waals surface area contributed by atoms with Crippen molar-refractivity contribution in [1.29, 1.82) is 0 Å². The molecule has 1 N–H and O–H groups in total. The summed E-state index contributed by atoms with van der Waals surface area (Å²) in [6.45, 7) is 3.44. The first-order valence-electron chi connectivity index (χ1n) is 10.6. The summed E-state index contributed by atoms with van der Waals surface area (Å²) >= 11 is 6.37. The number of carbonyl (C=O) groups is 2. The van der Waals surface area contributed by atoms with Gasteiger partial charge in [0.25, 0.3) is 5.91 Å². The summed E-state index contributed by atoms with van der Waals surface area (Å²) < 4.78 is 0.287. The Bertz CT molecular complexity index is 1170. The molecular weight excluding hydrogens is 440 g/mol. The third-order valence-corrected chi connectivity index (χ3v) is 7.77. The van der Waals surface area contributed by atoms with Crippen molar-refractivity contribution in [3.8, 4) is 0 Å². The Balaban J connectivity index is 1.48. The number of aliphatic carboxylic acids is 1. The number of thiocarbonyl (C=S) groups is 1. The normalized spacial score (nSPS) is 23.1. The van der Waals surface area contributed by atoms with Crippen LogP contribution >= 0.6 is 24.0 Å². The molecule has 0 bridgehead atoms. The molecule has 2 aromatic carbocycles. The highest BCUT2D eigenvalue weighted by Gasteiger charge is 2.42. The zero-order valence-corrected chi connectivity index (χ0v) is 19.0. The van der Waals surface area contributed by atoms with Gasteiger partial charge in [-0.2, -0.15) is 0 Å². The first-order chi connectivity index (χ1) is 15.5. The number of hydrogen-bond donors (Lipinski definition) is 1. The summed E-state index contributed by atoms with van der Waals surface area (Å²) in [6.07, 6.45) is 7.20. The highest BCUT2D eigenvalue weighted by molar-refractivity contribution is 8.26. The SMILES string of the molecule is C=Cc1ccc(N2c3ccc(/C=C4\SC(=S)N(CC(=O)O)C4=O)cc3C3CCCC32)cc1. The fourth-order valence-electron chi connectivity index (χ4n) is 4.99. The summed E-state index contributed by atoms with van der Waals surface area (Å²) in [5.74, 6) is -0.946. The molecule has 2 aromatic rings.